The Morgan fingerprint density at radius 2 is 1.67 bits per heavy atom. The number of benzene rings is 2. The third-order valence-electron chi connectivity index (χ3n) is 3.74. The van der Waals surface area contributed by atoms with Crippen LogP contribution in [0.25, 0.3) is 0 Å². The molecule has 3 nitrogen and oxygen atoms in total. The van der Waals surface area contributed by atoms with Gasteiger partial charge in [-0.3, -0.25) is 0 Å². The first-order chi connectivity index (χ1) is 9.92. The second kappa shape index (κ2) is 6.08. The number of ether oxygens (including phenoxy) is 1. The highest BCUT2D eigenvalue weighted by atomic mass is 16.5. The summed E-state index contributed by atoms with van der Waals surface area (Å²) in [6.07, 6.45) is 0. The molecule has 2 aromatic carbocycles. The average Bonchev–Trinajstić information content (AvgIpc) is 2.42. The van der Waals surface area contributed by atoms with E-state index in [-0.39, 0.29) is 11.8 Å². The summed E-state index contributed by atoms with van der Waals surface area (Å²) in [4.78, 5) is 0. The van der Waals surface area contributed by atoms with E-state index in [2.05, 4.69) is 38.2 Å². The predicted octanol–water partition coefficient (Wildman–Crippen LogP) is 4.50. The summed E-state index contributed by atoms with van der Waals surface area (Å²) in [6.45, 7) is 8.34. The highest BCUT2D eigenvalue weighted by molar-refractivity contribution is 5.59. The zero-order valence-electron chi connectivity index (χ0n) is 13.3. The Morgan fingerprint density at radius 1 is 1.05 bits per heavy atom. The van der Waals surface area contributed by atoms with Crippen LogP contribution in [0.3, 0.4) is 0 Å². The zero-order chi connectivity index (χ0) is 15.6. The first-order valence-corrected chi connectivity index (χ1v) is 7.13. The van der Waals surface area contributed by atoms with E-state index in [9.17, 15) is 5.11 Å². The van der Waals surface area contributed by atoms with E-state index in [1.807, 2.05) is 19.1 Å². The molecule has 0 heterocycles. The van der Waals surface area contributed by atoms with Gasteiger partial charge in [0.2, 0.25) is 0 Å². The van der Waals surface area contributed by atoms with Crippen LogP contribution in [-0.2, 0) is 0 Å². The Bertz CT molecular complexity index is 627. The van der Waals surface area contributed by atoms with Crippen molar-refractivity contribution in [2.45, 2.75) is 33.7 Å². The third kappa shape index (κ3) is 3.30. The molecule has 21 heavy (non-hydrogen) atoms. The van der Waals surface area contributed by atoms with Gasteiger partial charge in [0, 0.05) is 17.3 Å². The van der Waals surface area contributed by atoms with Gasteiger partial charge in [0.25, 0.3) is 0 Å². The van der Waals surface area contributed by atoms with E-state index in [1.165, 1.54) is 16.7 Å². The number of phenols is 1. The fourth-order valence-corrected chi connectivity index (χ4v) is 2.72. The Labute approximate surface area is 126 Å². The lowest BCUT2D eigenvalue weighted by atomic mass is 10.0. The largest absolute Gasteiger partial charge is 0.507 e. The van der Waals surface area contributed by atoms with Crippen molar-refractivity contribution < 1.29 is 9.84 Å². The van der Waals surface area contributed by atoms with Crippen LogP contribution < -0.4 is 10.1 Å². The average molecular weight is 285 g/mol. The van der Waals surface area contributed by atoms with E-state index in [0.717, 1.165) is 11.3 Å². The van der Waals surface area contributed by atoms with Crippen LogP contribution in [-0.4, -0.2) is 12.2 Å². The van der Waals surface area contributed by atoms with Crippen molar-refractivity contribution in [2.75, 3.05) is 12.4 Å². The van der Waals surface area contributed by atoms with Crippen molar-refractivity contribution in [2.24, 2.45) is 0 Å². The molecule has 1 unspecified atom stereocenters. The minimum Gasteiger partial charge on any atom is -0.507 e. The number of aromatic hydroxyl groups is 1. The van der Waals surface area contributed by atoms with Gasteiger partial charge in [-0.2, -0.15) is 0 Å². The number of anilines is 1. The second-order valence-electron chi connectivity index (χ2n) is 5.56. The monoisotopic (exact) mass is 285 g/mol. The molecule has 0 spiro atoms. The van der Waals surface area contributed by atoms with Crippen LogP contribution in [0.4, 0.5) is 5.69 Å². The maximum Gasteiger partial charge on any atom is 0.124 e. The smallest absolute Gasteiger partial charge is 0.124 e. The van der Waals surface area contributed by atoms with Gasteiger partial charge in [-0.25, -0.2) is 0 Å². The molecule has 0 aliphatic heterocycles. The lowest BCUT2D eigenvalue weighted by Crippen LogP contribution is -2.09. The molecule has 0 radical (unpaired) electrons. The fraction of sp³-hybridized carbons (Fsp3) is 0.333. The Hall–Kier alpha value is -2.16. The van der Waals surface area contributed by atoms with Gasteiger partial charge in [-0.15, -0.1) is 0 Å². The summed E-state index contributed by atoms with van der Waals surface area (Å²) >= 11 is 0. The van der Waals surface area contributed by atoms with E-state index >= 15 is 0 Å². The SMILES string of the molecule is COc1ccc(C(C)Nc2c(C)cc(C)cc2C)c(O)c1. The minimum atomic E-state index is 0.0102. The number of methoxy groups -OCH3 is 1. The van der Waals surface area contributed by atoms with E-state index in [4.69, 9.17) is 4.74 Å². The van der Waals surface area contributed by atoms with Gasteiger partial charge in [-0.1, -0.05) is 17.7 Å². The zero-order valence-corrected chi connectivity index (χ0v) is 13.3. The molecule has 0 saturated carbocycles. The molecule has 0 aliphatic carbocycles. The molecule has 3 heteroatoms. The van der Waals surface area contributed by atoms with Gasteiger partial charge in [0.1, 0.15) is 11.5 Å². The molecule has 0 aliphatic rings. The van der Waals surface area contributed by atoms with Crippen molar-refractivity contribution in [1.29, 1.82) is 0 Å². The van der Waals surface area contributed by atoms with Crippen LogP contribution in [0, 0.1) is 20.8 Å². The van der Waals surface area contributed by atoms with Crippen LogP contribution >= 0.6 is 0 Å². The summed E-state index contributed by atoms with van der Waals surface area (Å²) in [5.41, 5.74) is 5.67. The molecular formula is C18H23NO2. The van der Waals surface area contributed by atoms with Crippen LogP contribution in [0.2, 0.25) is 0 Å². The summed E-state index contributed by atoms with van der Waals surface area (Å²) in [5.74, 6) is 0.905. The predicted molar refractivity (Wildman–Crippen MR) is 87.3 cm³/mol. The normalized spacial score (nSPS) is 12.0. The first-order valence-electron chi connectivity index (χ1n) is 7.13. The van der Waals surface area contributed by atoms with Crippen molar-refractivity contribution >= 4 is 5.69 Å². The summed E-state index contributed by atoms with van der Waals surface area (Å²) < 4.78 is 5.12. The lowest BCUT2D eigenvalue weighted by molar-refractivity contribution is 0.406. The third-order valence-corrected chi connectivity index (χ3v) is 3.74. The number of rotatable bonds is 4. The number of aryl methyl sites for hydroxylation is 3. The lowest BCUT2D eigenvalue weighted by Gasteiger charge is -2.21. The standard InChI is InChI=1S/C18H23NO2/c1-11-8-12(2)18(13(3)9-11)19-14(4)16-7-6-15(21-5)10-17(16)20/h6-10,14,19-20H,1-5H3. The minimum absolute atomic E-state index is 0.0102. The quantitative estimate of drug-likeness (QED) is 0.869. The number of phenolic OH excluding ortho intramolecular Hbond substituents is 1. The molecule has 0 aromatic heterocycles. The molecule has 0 fully saturated rings. The highest BCUT2D eigenvalue weighted by Gasteiger charge is 2.13. The van der Waals surface area contributed by atoms with Gasteiger partial charge < -0.3 is 15.2 Å². The van der Waals surface area contributed by atoms with E-state index in [1.54, 1.807) is 13.2 Å². The van der Waals surface area contributed by atoms with Crippen molar-refractivity contribution in [1.82, 2.24) is 0 Å². The maximum absolute atomic E-state index is 10.1. The number of nitrogens with one attached hydrogen (secondary N) is 1. The maximum atomic E-state index is 10.1. The van der Waals surface area contributed by atoms with Crippen molar-refractivity contribution in [3.05, 3.63) is 52.6 Å². The summed E-state index contributed by atoms with van der Waals surface area (Å²) in [7, 11) is 1.59. The van der Waals surface area contributed by atoms with Crippen LogP contribution in [0.1, 0.15) is 35.2 Å². The Kier molecular flexibility index (Phi) is 4.41. The van der Waals surface area contributed by atoms with Gasteiger partial charge in [0.15, 0.2) is 0 Å². The first kappa shape index (κ1) is 15.2. The molecule has 2 N–H and O–H groups in total. The van der Waals surface area contributed by atoms with E-state index < -0.39 is 0 Å². The molecule has 1 atom stereocenters. The van der Waals surface area contributed by atoms with Crippen LogP contribution in [0.5, 0.6) is 11.5 Å². The molecule has 112 valence electrons. The van der Waals surface area contributed by atoms with Gasteiger partial charge in [-0.05, 0) is 51.0 Å². The Balaban J connectivity index is 2.28. The molecule has 0 amide bonds. The van der Waals surface area contributed by atoms with Gasteiger partial charge >= 0.3 is 0 Å². The van der Waals surface area contributed by atoms with Crippen molar-refractivity contribution in [3.8, 4) is 11.5 Å². The van der Waals surface area contributed by atoms with E-state index in [0.29, 0.717) is 5.75 Å². The second-order valence-corrected chi connectivity index (χ2v) is 5.56. The summed E-state index contributed by atoms with van der Waals surface area (Å²) in [6, 6.07) is 9.73. The fourth-order valence-electron chi connectivity index (χ4n) is 2.72. The molecule has 2 aromatic rings. The van der Waals surface area contributed by atoms with Crippen molar-refractivity contribution in [3.63, 3.8) is 0 Å². The molecule has 2 rings (SSSR count). The van der Waals surface area contributed by atoms with Crippen LogP contribution in [0.15, 0.2) is 30.3 Å². The Morgan fingerprint density at radius 3 is 2.19 bits per heavy atom. The molecule has 0 bridgehead atoms. The number of hydrogen-bond acceptors (Lipinski definition) is 3. The molecular weight excluding hydrogens is 262 g/mol. The van der Waals surface area contributed by atoms with Gasteiger partial charge in [0.05, 0.1) is 13.2 Å². The highest BCUT2D eigenvalue weighted by Crippen LogP contribution is 2.32. The number of hydrogen-bond donors (Lipinski definition) is 2. The topological polar surface area (TPSA) is 41.5 Å². The summed E-state index contributed by atoms with van der Waals surface area (Å²) in [5, 5.41) is 13.6. The molecule has 0 saturated heterocycles.